The van der Waals surface area contributed by atoms with Gasteiger partial charge in [0.25, 0.3) is 0 Å². The number of nitrogens with zero attached hydrogens (tertiary/aromatic N) is 4. The second-order valence-electron chi connectivity index (χ2n) is 6.04. The molecule has 4 rings (SSSR count). The van der Waals surface area contributed by atoms with Gasteiger partial charge in [-0.05, 0) is 55.8 Å². The van der Waals surface area contributed by atoms with Gasteiger partial charge in [0.1, 0.15) is 5.76 Å². The molecule has 4 aromatic rings. The van der Waals surface area contributed by atoms with Crippen molar-refractivity contribution in [3.63, 3.8) is 0 Å². The molecule has 0 aliphatic rings. The van der Waals surface area contributed by atoms with Gasteiger partial charge >= 0.3 is 6.01 Å². The van der Waals surface area contributed by atoms with Gasteiger partial charge in [0, 0.05) is 5.69 Å². The monoisotopic (exact) mass is 360 g/mol. The van der Waals surface area contributed by atoms with Crippen LogP contribution in [0.3, 0.4) is 0 Å². The van der Waals surface area contributed by atoms with Gasteiger partial charge in [0.15, 0.2) is 0 Å². The number of benzene rings is 2. The smallest absolute Gasteiger partial charge is 0.302 e. The number of hydrogen-bond donors (Lipinski definition) is 0. The fourth-order valence-corrected chi connectivity index (χ4v) is 3.48. The number of anilines is 2. The van der Waals surface area contributed by atoms with Crippen molar-refractivity contribution < 1.29 is 4.42 Å². The van der Waals surface area contributed by atoms with Crippen LogP contribution in [0.2, 0.25) is 0 Å². The lowest BCUT2D eigenvalue weighted by molar-refractivity contribution is 0.522. The Balaban J connectivity index is 1.74. The molecule has 2 aromatic carbocycles. The fraction of sp³-hybridized carbons (Fsp3) is 0.150. The third kappa shape index (κ3) is 3.05. The number of oxazole rings is 1. The molecule has 0 aliphatic carbocycles. The molecule has 2 heterocycles. The minimum atomic E-state index is 0.550. The highest BCUT2D eigenvalue weighted by atomic mass is 32.1. The fourth-order valence-electron chi connectivity index (χ4n) is 2.74. The maximum atomic E-state index is 9.04. The lowest BCUT2D eigenvalue weighted by atomic mass is 10.1. The van der Waals surface area contributed by atoms with E-state index in [1.165, 1.54) is 0 Å². The van der Waals surface area contributed by atoms with Crippen molar-refractivity contribution in [1.82, 2.24) is 9.97 Å². The summed E-state index contributed by atoms with van der Waals surface area (Å²) < 4.78 is 7.03. The number of aromatic nitrogens is 2. The first-order valence-electron chi connectivity index (χ1n) is 8.18. The topological polar surface area (TPSA) is 66.0 Å². The molecule has 0 saturated carbocycles. The molecule has 0 amide bonds. The van der Waals surface area contributed by atoms with Crippen LogP contribution in [0.5, 0.6) is 0 Å². The van der Waals surface area contributed by atoms with Gasteiger partial charge in [0.2, 0.25) is 0 Å². The molecule has 128 valence electrons. The summed E-state index contributed by atoms with van der Waals surface area (Å²) in [5.74, 6) is 0.802. The van der Waals surface area contributed by atoms with Crippen LogP contribution in [-0.2, 0) is 6.54 Å². The van der Waals surface area contributed by atoms with Crippen LogP contribution in [0, 0.1) is 25.2 Å². The number of fused-ring (bicyclic) bond motifs is 1. The number of hydrogen-bond acceptors (Lipinski definition) is 6. The predicted molar refractivity (Wildman–Crippen MR) is 103 cm³/mol. The lowest BCUT2D eigenvalue weighted by Gasteiger charge is -2.21. The molecule has 0 unspecified atom stereocenters. The van der Waals surface area contributed by atoms with Crippen molar-refractivity contribution in [2.24, 2.45) is 0 Å². The van der Waals surface area contributed by atoms with Crippen LogP contribution < -0.4 is 4.90 Å². The third-order valence-electron chi connectivity index (χ3n) is 4.29. The first-order chi connectivity index (χ1) is 12.6. The zero-order valence-electron chi connectivity index (χ0n) is 14.4. The molecule has 0 fully saturated rings. The van der Waals surface area contributed by atoms with Crippen molar-refractivity contribution in [1.29, 1.82) is 5.26 Å². The normalized spacial score (nSPS) is 10.8. The Morgan fingerprint density at radius 3 is 2.65 bits per heavy atom. The van der Waals surface area contributed by atoms with E-state index in [2.05, 4.69) is 28.2 Å². The summed E-state index contributed by atoms with van der Waals surface area (Å²) in [6.07, 6.45) is 0. The van der Waals surface area contributed by atoms with Crippen molar-refractivity contribution in [2.45, 2.75) is 20.4 Å². The zero-order chi connectivity index (χ0) is 18.1. The van der Waals surface area contributed by atoms with E-state index >= 15 is 0 Å². The van der Waals surface area contributed by atoms with Gasteiger partial charge in [-0.25, -0.2) is 4.98 Å². The molecule has 0 aliphatic heterocycles. The minimum Gasteiger partial charge on any atom is -0.428 e. The van der Waals surface area contributed by atoms with Crippen LogP contribution in [0.1, 0.15) is 22.6 Å². The SMILES string of the molecule is Cc1nc(N(Cc2ccc3ncsc3c2)c2ccc(C#N)cc2)oc1C. The van der Waals surface area contributed by atoms with Gasteiger partial charge in [0.05, 0.1) is 39.6 Å². The quantitative estimate of drug-likeness (QED) is 0.506. The van der Waals surface area contributed by atoms with Crippen molar-refractivity contribution in [2.75, 3.05) is 4.90 Å². The second kappa shape index (κ2) is 6.62. The molecule has 0 atom stereocenters. The van der Waals surface area contributed by atoms with Crippen LogP contribution in [-0.4, -0.2) is 9.97 Å². The Labute approximate surface area is 155 Å². The van der Waals surface area contributed by atoms with E-state index in [4.69, 9.17) is 9.68 Å². The maximum Gasteiger partial charge on any atom is 0.302 e. The van der Waals surface area contributed by atoms with E-state index in [1.54, 1.807) is 23.5 Å². The number of aryl methyl sites for hydroxylation is 2. The van der Waals surface area contributed by atoms with E-state index < -0.39 is 0 Å². The average Bonchev–Trinajstić information content (AvgIpc) is 3.26. The highest BCUT2D eigenvalue weighted by molar-refractivity contribution is 7.16. The van der Waals surface area contributed by atoms with Crippen LogP contribution in [0.4, 0.5) is 11.7 Å². The molecule has 0 N–H and O–H groups in total. The minimum absolute atomic E-state index is 0.550. The predicted octanol–water partition coefficient (Wildman–Crippen LogP) is 5.11. The first kappa shape index (κ1) is 16.3. The van der Waals surface area contributed by atoms with Crippen LogP contribution in [0.25, 0.3) is 10.2 Å². The van der Waals surface area contributed by atoms with Crippen molar-refractivity contribution in [3.8, 4) is 6.07 Å². The molecule has 0 saturated heterocycles. The van der Waals surface area contributed by atoms with E-state index in [0.717, 1.165) is 32.9 Å². The van der Waals surface area contributed by atoms with Gasteiger partial charge in [-0.3, -0.25) is 4.90 Å². The zero-order valence-corrected chi connectivity index (χ0v) is 15.2. The summed E-state index contributed by atoms with van der Waals surface area (Å²) >= 11 is 1.63. The second-order valence-corrected chi connectivity index (χ2v) is 6.92. The highest BCUT2D eigenvalue weighted by Gasteiger charge is 2.17. The van der Waals surface area contributed by atoms with Crippen LogP contribution >= 0.6 is 11.3 Å². The molecule has 5 nitrogen and oxygen atoms in total. The molecular formula is C20H16N4OS. The van der Waals surface area contributed by atoms with Crippen molar-refractivity contribution in [3.05, 3.63) is 70.6 Å². The Hall–Kier alpha value is -3.17. The summed E-state index contributed by atoms with van der Waals surface area (Å²) in [7, 11) is 0. The van der Waals surface area contributed by atoms with Gasteiger partial charge in [-0.15, -0.1) is 11.3 Å². The van der Waals surface area contributed by atoms with E-state index in [-0.39, 0.29) is 0 Å². The highest BCUT2D eigenvalue weighted by Crippen LogP contribution is 2.30. The molecule has 0 spiro atoms. The van der Waals surface area contributed by atoms with Crippen molar-refractivity contribution >= 4 is 33.3 Å². The Bertz CT molecular complexity index is 1090. The molecular weight excluding hydrogens is 344 g/mol. The third-order valence-corrected chi connectivity index (χ3v) is 5.08. The summed E-state index contributed by atoms with van der Waals surface area (Å²) in [6.45, 7) is 4.45. The standard InChI is InChI=1S/C20H16N4OS/c1-13-14(2)25-20(23-13)24(17-6-3-15(10-21)4-7-17)11-16-5-8-18-19(9-16)26-12-22-18/h3-9,12H,11H2,1-2H3. The summed E-state index contributed by atoms with van der Waals surface area (Å²) in [6, 6.07) is 16.4. The Morgan fingerprint density at radius 2 is 1.96 bits per heavy atom. The molecule has 0 radical (unpaired) electrons. The summed E-state index contributed by atoms with van der Waals surface area (Å²) in [5.41, 5.74) is 6.42. The average molecular weight is 360 g/mol. The van der Waals surface area contributed by atoms with Gasteiger partial charge in [-0.1, -0.05) is 6.07 Å². The molecule has 6 heteroatoms. The number of rotatable bonds is 4. The molecule has 0 bridgehead atoms. The summed E-state index contributed by atoms with van der Waals surface area (Å²) in [5, 5.41) is 9.04. The molecule has 26 heavy (non-hydrogen) atoms. The van der Waals surface area contributed by atoms with E-state index in [1.807, 2.05) is 42.5 Å². The van der Waals surface area contributed by atoms with E-state index in [0.29, 0.717) is 18.1 Å². The number of nitriles is 1. The van der Waals surface area contributed by atoms with E-state index in [9.17, 15) is 0 Å². The molecule has 2 aromatic heterocycles. The number of thiazole rings is 1. The van der Waals surface area contributed by atoms with Crippen LogP contribution in [0.15, 0.2) is 52.4 Å². The summed E-state index contributed by atoms with van der Waals surface area (Å²) in [4.78, 5) is 10.9. The van der Waals surface area contributed by atoms with Gasteiger partial charge < -0.3 is 4.42 Å². The lowest BCUT2D eigenvalue weighted by Crippen LogP contribution is -2.16. The maximum absolute atomic E-state index is 9.04. The van der Waals surface area contributed by atoms with Gasteiger partial charge in [-0.2, -0.15) is 10.2 Å². The Morgan fingerprint density at radius 1 is 1.15 bits per heavy atom. The largest absolute Gasteiger partial charge is 0.428 e. The Kier molecular flexibility index (Phi) is 4.15. The first-order valence-corrected chi connectivity index (χ1v) is 9.06.